The monoisotopic (exact) mass is 157 g/mol. The standard InChI is InChI=1S/C8H19N3/c1-5-7(9)10-8(6-2)11(3)4/h5,8,10H,6,9H2,1-4H3. The largest absolute Gasteiger partial charge is 0.386 e. The molecule has 11 heavy (non-hydrogen) atoms. The van der Waals surface area contributed by atoms with Gasteiger partial charge in [0.2, 0.25) is 0 Å². The van der Waals surface area contributed by atoms with E-state index < -0.39 is 0 Å². The fourth-order valence-corrected chi connectivity index (χ4v) is 0.872. The van der Waals surface area contributed by atoms with Gasteiger partial charge in [-0.25, -0.2) is 0 Å². The molecule has 66 valence electrons. The summed E-state index contributed by atoms with van der Waals surface area (Å²) >= 11 is 0. The van der Waals surface area contributed by atoms with Crippen LogP contribution in [-0.2, 0) is 0 Å². The van der Waals surface area contributed by atoms with Gasteiger partial charge in [-0.15, -0.1) is 0 Å². The summed E-state index contributed by atoms with van der Waals surface area (Å²) in [5.74, 6) is 0.741. The lowest BCUT2D eigenvalue weighted by Crippen LogP contribution is -2.42. The molecule has 3 N–H and O–H groups in total. The van der Waals surface area contributed by atoms with Crippen LogP contribution in [0, 0.1) is 0 Å². The van der Waals surface area contributed by atoms with Gasteiger partial charge in [-0.05, 0) is 33.5 Å². The van der Waals surface area contributed by atoms with E-state index in [1.807, 2.05) is 27.1 Å². The van der Waals surface area contributed by atoms with E-state index >= 15 is 0 Å². The summed E-state index contributed by atoms with van der Waals surface area (Å²) in [7, 11) is 4.06. The highest BCUT2D eigenvalue weighted by molar-refractivity contribution is 4.92. The van der Waals surface area contributed by atoms with Gasteiger partial charge in [0.15, 0.2) is 0 Å². The van der Waals surface area contributed by atoms with E-state index in [1.165, 1.54) is 0 Å². The Hall–Kier alpha value is -0.700. The predicted molar refractivity (Wildman–Crippen MR) is 48.8 cm³/mol. The molecule has 0 aromatic heterocycles. The van der Waals surface area contributed by atoms with Crippen molar-refractivity contribution >= 4 is 0 Å². The summed E-state index contributed by atoms with van der Waals surface area (Å²) in [5, 5.41) is 3.18. The Balaban J connectivity index is 3.88. The highest BCUT2D eigenvalue weighted by atomic mass is 15.2. The van der Waals surface area contributed by atoms with Gasteiger partial charge in [-0.3, -0.25) is 4.90 Å². The zero-order valence-electron chi connectivity index (χ0n) is 7.89. The number of nitrogens with zero attached hydrogens (tertiary/aromatic N) is 1. The normalized spacial score (nSPS) is 15.2. The van der Waals surface area contributed by atoms with Crippen molar-refractivity contribution in [2.45, 2.75) is 26.4 Å². The quantitative estimate of drug-likeness (QED) is 0.590. The number of rotatable bonds is 4. The maximum absolute atomic E-state index is 5.61. The van der Waals surface area contributed by atoms with Crippen molar-refractivity contribution in [3.05, 3.63) is 11.9 Å². The summed E-state index contributed by atoms with van der Waals surface area (Å²) in [6.45, 7) is 4.05. The fraction of sp³-hybridized carbons (Fsp3) is 0.750. The van der Waals surface area contributed by atoms with Crippen LogP contribution in [0.2, 0.25) is 0 Å². The maximum atomic E-state index is 5.61. The number of hydrogen-bond acceptors (Lipinski definition) is 3. The SMILES string of the molecule is CC=C(N)NC(CC)N(C)C. The van der Waals surface area contributed by atoms with Gasteiger partial charge in [0.25, 0.3) is 0 Å². The van der Waals surface area contributed by atoms with Gasteiger partial charge in [0.1, 0.15) is 0 Å². The first kappa shape index (κ1) is 10.3. The second-order valence-electron chi connectivity index (χ2n) is 2.78. The van der Waals surface area contributed by atoms with Crippen molar-refractivity contribution < 1.29 is 0 Å². The predicted octanol–water partition coefficient (Wildman–Crippen LogP) is 0.694. The van der Waals surface area contributed by atoms with E-state index in [4.69, 9.17) is 5.73 Å². The lowest BCUT2D eigenvalue weighted by molar-refractivity contribution is 0.254. The van der Waals surface area contributed by atoms with Crippen LogP contribution in [0.25, 0.3) is 0 Å². The summed E-state index contributed by atoms with van der Waals surface area (Å²) in [6.07, 6.45) is 3.25. The fourth-order valence-electron chi connectivity index (χ4n) is 0.872. The van der Waals surface area contributed by atoms with Crippen LogP contribution >= 0.6 is 0 Å². The van der Waals surface area contributed by atoms with Crippen LogP contribution in [0.4, 0.5) is 0 Å². The minimum Gasteiger partial charge on any atom is -0.386 e. The molecule has 3 nitrogen and oxygen atoms in total. The van der Waals surface area contributed by atoms with Crippen LogP contribution in [0.5, 0.6) is 0 Å². The molecule has 0 saturated heterocycles. The zero-order chi connectivity index (χ0) is 8.85. The van der Waals surface area contributed by atoms with Gasteiger partial charge in [0, 0.05) is 0 Å². The average molecular weight is 157 g/mol. The van der Waals surface area contributed by atoms with Gasteiger partial charge in [-0.2, -0.15) is 0 Å². The van der Waals surface area contributed by atoms with Crippen molar-refractivity contribution in [1.82, 2.24) is 10.2 Å². The molecule has 1 unspecified atom stereocenters. The van der Waals surface area contributed by atoms with Crippen LogP contribution in [0.3, 0.4) is 0 Å². The number of nitrogens with two attached hydrogens (primary N) is 1. The third-order valence-corrected chi connectivity index (χ3v) is 1.65. The Bertz CT molecular complexity index is 129. The lowest BCUT2D eigenvalue weighted by atomic mass is 10.3. The zero-order valence-corrected chi connectivity index (χ0v) is 7.89. The summed E-state index contributed by atoms with van der Waals surface area (Å²) in [5.41, 5.74) is 5.61. The first-order chi connectivity index (χ1) is 5.11. The third-order valence-electron chi connectivity index (χ3n) is 1.65. The van der Waals surface area contributed by atoms with Gasteiger partial charge < -0.3 is 11.1 Å². The average Bonchev–Trinajstić information content (AvgIpc) is 1.99. The third kappa shape index (κ3) is 3.88. The highest BCUT2D eigenvalue weighted by Gasteiger charge is 2.06. The second-order valence-corrected chi connectivity index (χ2v) is 2.78. The number of allylic oxidation sites excluding steroid dienone is 1. The second kappa shape index (κ2) is 5.02. The molecular formula is C8H19N3. The minimum absolute atomic E-state index is 0.339. The molecule has 0 amide bonds. The molecule has 0 aliphatic carbocycles. The van der Waals surface area contributed by atoms with Gasteiger partial charge in [0.05, 0.1) is 12.0 Å². The van der Waals surface area contributed by atoms with Crippen molar-refractivity contribution in [2.24, 2.45) is 5.73 Å². The Morgan fingerprint density at radius 1 is 1.64 bits per heavy atom. The summed E-state index contributed by atoms with van der Waals surface area (Å²) in [6, 6.07) is 0. The summed E-state index contributed by atoms with van der Waals surface area (Å²) < 4.78 is 0. The van der Waals surface area contributed by atoms with E-state index in [-0.39, 0.29) is 0 Å². The number of nitrogens with one attached hydrogen (secondary N) is 1. The van der Waals surface area contributed by atoms with E-state index in [1.54, 1.807) is 0 Å². The van der Waals surface area contributed by atoms with Crippen molar-refractivity contribution in [3.8, 4) is 0 Å². The van der Waals surface area contributed by atoms with Crippen LogP contribution < -0.4 is 11.1 Å². The molecule has 1 atom stereocenters. The lowest BCUT2D eigenvalue weighted by Gasteiger charge is -2.24. The first-order valence-electron chi connectivity index (χ1n) is 3.96. The molecule has 0 fully saturated rings. The van der Waals surface area contributed by atoms with Crippen LogP contribution in [-0.4, -0.2) is 25.2 Å². The Morgan fingerprint density at radius 2 is 2.18 bits per heavy atom. The number of hydrogen-bond donors (Lipinski definition) is 2. The Kier molecular flexibility index (Phi) is 4.70. The van der Waals surface area contributed by atoms with E-state index in [0.717, 1.165) is 12.2 Å². The molecule has 0 bridgehead atoms. The van der Waals surface area contributed by atoms with Gasteiger partial charge in [-0.1, -0.05) is 6.92 Å². The van der Waals surface area contributed by atoms with Crippen LogP contribution in [0.1, 0.15) is 20.3 Å². The first-order valence-corrected chi connectivity index (χ1v) is 3.96. The van der Waals surface area contributed by atoms with Crippen molar-refractivity contribution in [3.63, 3.8) is 0 Å². The molecule has 0 aromatic rings. The molecule has 0 aromatic carbocycles. The molecule has 0 saturated carbocycles. The van der Waals surface area contributed by atoms with E-state index in [2.05, 4.69) is 17.1 Å². The molecule has 3 heteroatoms. The molecule has 0 rings (SSSR count). The molecule has 0 aliphatic rings. The molecule has 0 spiro atoms. The highest BCUT2D eigenvalue weighted by Crippen LogP contribution is 1.95. The van der Waals surface area contributed by atoms with E-state index in [9.17, 15) is 0 Å². The summed E-state index contributed by atoms with van der Waals surface area (Å²) in [4.78, 5) is 2.11. The Morgan fingerprint density at radius 3 is 2.45 bits per heavy atom. The van der Waals surface area contributed by atoms with Gasteiger partial charge >= 0.3 is 0 Å². The van der Waals surface area contributed by atoms with Crippen molar-refractivity contribution in [1.29, 1.82) is 0 Å². The molecule has 0 aliphatic heterocycles. The molecule has 0 radical (unpaired) electrons. The maximum Gasteiger partial charge on any atom is 0.0928 e. The van der Waals surface area contributed by atoms with Crippen molar-refractivity contribution in [2.75, 3.05) is 14.1 Å². The van der Waals surface area contributed by atoms with Crippen LogP contribution in [0.15, 0.2) is 11.9 Å². The molecule has 0 heterocycles. The Labute approximate surface area is 69.3 Å². The van der Waals surface area contributed by atoms with E-state index in [0.29, 0.717) is 6.17 Å². The minimum atomic E-state index is 0.339. The topological polar surface area (TPSA) is 41.3 Å². The molecular weight excluding hydrogens is 138 g/mol. The smallest absolute Gasteiger partial charge is 0.0928 e.